The zero-order valence-corrected chi connectivity index (χ0v) is 6.71. The van der Waals surface area contributed by atoms with Crippen LogP contribution in [-0.4, -0.2) is 11.4 Å². The quantitative estimate of drug-likeness (QED) is 0.472. The molecule has 0 rings (SSSR count). The van der Waals surface area contributed by atoms with Gasteiger partial charge in [-0.25, -0.2) is 0 Å². The molecule has 0 spiro atoms. The van der Waals surface area contributed by atoms with Crippen LogP contribution < -0.4 is 0 Å². The average Bonchev–Trinajstić information content (AvgIpc) is 1.89. The van der Waals surface area contributed by atoms with Crippen molar-refractivity contribution in [1.29, 1.82) is 0 Å². The predicted molar refractivity (Wildman–Crippen MR) is 41.4 cm³/mol. The summed E-state index contributed by atoms with van der Waals surface area (Å²) in [6.45, 7) is 4.03. The van der Waals surface area contributed by atoms with Gasteiger partial charge in [-0.1, -0.05) is 20.3 Å². The van der Waals surface area contributed by atoms with Crippen molar-refractivity contribution in [1.82, 2.24) is 0 Å². The Labute approximate surface area is 62.5 Å². The summed E-state index contributed by atoms with van der Waals surface area (Å²) in [5.41, 5.74) is 0. The lowest BCUT2D eigenvalue weighted by Gasteiger charge is -2.06. The summed E-state index contributed by atoms with van der Waals surface area (Å²) in [7, 11) is 0. The zero-order valence-electron chi connectivity index (χ0n) is 6.71. The number of allylic oxidation sites excluding steroid dienone is 1. The van der Waals surface area contributed by atoms with Crippen LogP contribution in [-0.2, 0) is 4.74 Å². The topological polar surface area (TPSA) is 29.5 Å². The van der Waals surface area contributed by atoms with Crippen LogP contribution in [0.2, 0.25) is 0 Å². The largest absolute Gasteiger partial charge is 0.473 e. The van der Waals surface area contributed by atoms with Crippen molar-refractivity contribution in [2.75, 3.05) is 0 Å². The molecule has 1 atom stereocenters. The van der Waals surface area contributed by atoms with E-state index < -0.39 is 6.29 Å². The van der Waals surface area contributed by atoms with E-state index in [1.165, 1.54) is 0 Å². The van der Waals surface area contributed by atoms with Gasteiger partial charge < -0.3 is 9.84 Å². The number of aliphatic hydroxyl groups is 1. The molecule has 0 aromatic heterocycles. The van der Waals surface area contributed by atoms with Crippen LogP contribution in [0.1, 0.15) is 33.1 Å². The molecule has 0 fully saturated rings. The van der Waals surface area contributed by atoms with Gasteiger partial charge in [0.2, 0.25) is 0 Å². The Bertz CT molecular complexity index is 89.3. The first-order valence-electron chi connectivity index (χ1n) is 3.79. The Morgan fingerprint density at radius 1 is 1.50 bits per heavy atom. The molecule has 0 saturated carbocycles. The number of ether oxygens (including phenoxy) is 1. The lowest BCUT2D eigenvalue weighted by molar-refractivity contribution is -0.0564. The number of rotatable bonds is 5. The summed E-state index contributed by atoms with van der Waals surface area (Å²) < 4.78 is 4.90. The van der Waals surface area contributed by atoms with E-state index in [0.29, 0.717) is 6.42 Å². The third-order valence-electron chi connectivity index (χ3n) is 1.10. The first-order chi connectivity index (χ1) is 4.81. The van der Waals surface area contributed by atoms with Gasteiger partial charge in [-0.2, -0.15) is 0 Å². The van der Waals surface area contributed by atoms with E-state index in [2.05, 4.69) is 0 Å². The van der Waals surface area contributed by atoms with Crippen molar-refractivity contribution in [3.8, 4) is 0 Å². The molecule has 0 aliphatic heterocycles. The monoisotopic (exact) mass is 144 g/mol. The van der Waals surface area contributed by atoms with Crippen LogP contribution in [0, 0.1) is 0 Å². The van der Waals surface area contributed by atoms with Gasteiger partial charge in [-0.3, -0.25) is 0 Å². The highest BCUT2D eigenvalue weighted by Crippen LogP contribution is 1.98. The molecule has 0 amide bonds. The normalized spacial score (nSPS) is 13.9. The van der Waals surface area contributed by atoms with Crippen LogP contribution in [0.4, 0.5) is 0 Å². The Balaban J connectivity index is 3.20. The molecular formula is C8H16O2. The van der Waals surface area contributed by atoms with Gasteiger partial charge in [0, 0.05) is 6.42 Å². The van der Waals surface area contributed by atoms with Gasteiger partial charge in [0.1, 0.15) is 0 Å². The van der Waals surface area contributed by atoms with Gasteiger partial charge in [0.25, 0.3) is 0 Å². The van der Waals surface area contributed by atoms with E-state index in [0.717, 1.165) is 12.8 Å². The highest BCUT2D eigenvalue weighted by Gasteiger charge is 1.97. The maximum absolute atomic E-state index is 9.00. The first kappa shape index (κ1) is 9.50. The third-order valence-corrected chi connectivity index (χ3v) is 1.10. The number of hydrogen-bond acceptors (Lipinski definition) is 2. The van der Waals surface area contributed by atoms with Crippen LogP contribution in [0.25, 0.3) is 0 Å². The fourth-order valence-corrected chi connectivity index (χ4v) is 0.557. The fraction of sp³-hybridized carbons (Fsp3) is 0.750. The van der Waals surface area contributed by atoms with E-state index in [4.69, 9.17) is 9.84 Å². The standard InChI is InChI=1S/C8H16O2/c1-3-5-7-10-8(9)6-4-2/h5,7-9H,3-4,6H2,1-2H3. The lowest BCUT2D eigenvalue weighted by Crippen LogP contribution is -2.06. The third kappa shape index (κ3) is 5.63. The number of hydrogen-bond donors (Lipinski definition) is 1. The van der Waals surface area contributed by atoms with Crippen molar-refractivity contribution in [2.45, 2.75) is 39.4 Å². The molecule has 0 aromatic carbocycles. The van der Waals surface area contributed by atoms with Crippen molar-refractivity contribution < 1.29 is 9.84 Å². The molecule has 2 nitrogen and oxygen atoms in total. The summed E-state index contributed by atoms with van der Waals surface area (Å²) in [5, 5.41) is 9.00. The average molecular weight is 144 g/mol. The molecule has 0 aliphatic carbocycles. The van der Waals surface area contributed by atoms with E-state index in [-0.39, 0.29) is 0 Å². The second kappa shape index (κ2) is 6.62. The van der Waals surface area contributed by atoms with Crippen molar-refractivity contribution >= 4 is 0 Å². The van der Waals surface area contributed by atoms with Crippen LogP contribution in [0.15, 0.2) is 12.3 Å². The minimum Gasteiger partial charge on any atom is -0.473 e. The minimum atomic E-state index is -0.618. The predicted octanol–water partition coefficient (Wildman–Crippen LogP) is 2.05. The molecule has 0 aliphatic rings. The SMILES string of the molecule is CCC=COC(O)CCC. The summed E-state index contributed by atoms with van der Waals surface area (Å²) in [5.74, 6) is 0. The summed E-state index contributed by atoms with van der Waals surface area (Å²) in [6, 6.07) is 0. The molecule has 0 aromatic rings. The van der Waals surface area contributed by atoms with E-state index in [1.54, 1.807) is 6.26 Å². The van der Waals surface area contributed by atoms with Gasteiger partial charge >= 0.3 is 0 Å². The fourth-order valence-electron chi connectivity index (χ4n) is 0.557. The van der Waals surface area contributed by atoms with Crippen LogP contribution in [0.3, 0.4) is 0 Å². The summed E-state index contributed by atoms with van der Waals surface area (Å²) in [6.07, 6.45) is 5.40. The van der Waals surface area contributed by atoms with E-state index in [1.807, 2.05) is 19.9 Å². The van der Waals surface area contributed by atoms with Crippen molar-refractivity contribution in [3.63, 3.8) is 0 Å². The maximum Gasteiger partial charge on any atom is 0.196 e. The Morgan fingerprint density at radius 3 is 2.70 bits per heavy atom. The van der Waals surface area contributed by atoms with E-state index >= 15 is 0 Å². The van der Waals surface area contributed by atoms with Gasteiger partial charge in [0.05, 0.1) is 6.26 Å². The zero-order chi connectivity index (χ0) is 7.82. The molecule has 0 radical (unpaired) electrons. The number of aliphatic hydroxyl groups excluding tert-OH is 1. The maximum atomic E-state index is 9.00. The molecule has 1 N–H and O–H groups in total. The highest BCUT2D eigenvalue weighted by molar-refractivity contribution is 4.70. The Morgan fingerprint density at radius 2 is 2.20 bits per heavy atom. The van der Waals surface area contributed by atoms with Crippen molar-refractivity contribution in [3.05, 3.63) is 12.3 Å². The molecule has 0 bridgehead atoms. The van der Waals surface area contributed by atoms with Gasteiger partial charge in [-0.15, -0.1) is 0 Å². The van der Waals surface area contributed by atoms with Crippen LogP contribution >= 0.6 is 0 Å². The van der Waals surface area contributed by atoms with Gasteiger partial charge in [0.15, 0.2) is 6.29 Å². The van der Waals surface area contributed by atoms with Gasteiger partial charge in [-0.05, 0) is 12.5 Å². The Hall–Kier alpha value is -0.500. The molecule has 0 heterocycles. The smallest absolute Gasteiger partial charge is 0.196 e. The summed E-state index contributed by atoms with van der Waals surface area (Å²) >= 11 is 0. The minimum absolute atomic E-state index is 0.618. The highest BCUT2D eigenvalue weighted by atomic mass is 16.6. The van der Waals surface area contributed by atoms with Crippen molar-refractivity contribution in [2.24, 2.45) is 0 Å². The first-order valence-corrected chi connectivity index (χ1v) is 3.79. The second-order valence-electron chi connectivity index (χ2n) is 2.16. The molecule has 1 unspecified atom stereocenters. The lowest BCUT2D eigenvalue weighted by atomic mass is 10.3. The molecule has 0 saturated heterocycles. The molecule has 10 heavy (non-hydrogen) atoms. The van der Waals surface area contributed by atoms with E-state index in [9.17, 15) is 0 Å². The molecular weight excluding hydrogens is 128 g/mol. The second-order valence-corrected chi connectivity index (χ2v) is 2.16. The molecule has 60 valence electrons. The Kier molecular flexibility index (Phi) is 6.29. The molecule has 2 heteroatoms. The summed E-state index contributed by atoms with van der Waals surface area (Å²) in [4.78, 5) is 0. The van der Waals surface area contributed by atoms with Crippen LogP contribution in [0.5, 0.6) is 0 Å².